The second-order valence-electron chi connectivity index (χ2n) is 14.6. The van der Waals surface area contributed by atoms with Crippen LogP contribution in [0.5, 0.6) is 0 Å². The molecule has 1 N–H and O–H groups in total. The first kappa shape index (κ1) is 33.1. The van der Waals surface area contributed by atoms with Crippen molar-refractivity contribution in [2.75, 3.05) is 50.1 Å². The van der Waals surface area contributed by atoms with E-state index in [0.717, 1.165) is 80.4 Å². The van der Waals surface area contributed by atoms with Crippen LogP contribution in [-0.4, -0.2) is 81.0 Å². The molecule has 1 aliphatic carbocycles. The summed E-state index contributed by atoms with van der Waals surface area (Å²) in [6, 6.07) is 6.30. The number of nitrogens with one attached hydrogen (secondary N) is 1. The van der Waals surface area contributed by atoms with Gasteiger partial charge >= 0.3 is 5.97 Å². The number of esters is 1. The van der Waals surface area contributed by atoms with E-state index in [4.69, 9.17) is 19.6 Å². The minimum atomic E-state index is -0.373. The van der Waals surface area contributed by atoms with Gasteiger partial charge in [0.1, 0.15) is 18.1 Å². The number of carbonyl (C=O) groups excluding carboxylic acids is 1. The van der Waals surface area contributed by atoms with Gasteiger partial charge in [0.05, 0.1) is 23.6 Å². The third-order valence-electron chi connectivity index (χ3n) is 10.5. The fraction of sp³-hybridized carbons (Fsp3) is 0.514. The fourth-order valence-electron chi connectivity index (χ4n) is 8.22. The Morgan fingerprint density at radius 2 is 2.00 bits per heavy atom. The second-order valence-corrected chi connectivity index (χ2v) is 14.6. The van der Waals surface area contributed by atoms with Crippen LogP contribution in [0.4, 0.5) is 17.3 Å². The van der Waals surface area contributed by atoms with E-state index in [0.29, 0.717) is 34.7 Å². The lowest BCUT2D eigenvalue weighted by Gasteiger charge is -2.41. The lowest BCUT2D eigenvalue weighted by Crippen LogP contribution is -2.45. The molecular weight excluding hydrogens is 620 g/mol. The predicted molar refractivity (Wildman–Crippen MR) is 189 cm³/mol. The zero-order valence-corrected chi connectivity index (χ0v) is 29.4. The maximum absolute atomic E-state index is 13.4. The van der Waals surface area contributed by atoms with Crippen LogP contribution in [0.15, 0.2) is 59.4 Å². The molecule has 7 rings (SSSR count). The van der Waals surface area contributed by atoms with Crippen molar-refractivity contribution in [3.63, 3.8) is 0 Å². The summed E-state index contributed by atoms with van der Waals surface area (Å²) < 4.78 is 14.4. The standard InChI is InChI=1S/C37H48N8O4/c1-24-32-17-26-19-37(3,4)20-33(26)44(32)13-12-43(24)35-30(23-49-25(2)46)29(8-9-38-35)27-16-31(36(47)41(5)21-27)39-34-18-28-22-42(10-7-15-48-6)11-14-45(28)40-34/h8-9,16-18,21,26,33H,1,7,10-15,19-20,22-23H2,2-6H3,(H,39,40). The van der Waals surface area contributed by atoms with Gasteiger partial charge in [-0.3, -0.25) is 19.2 Å². The van der Waals surface area contributed by atoms with Crippen molar-refractivity contribution >= 4 is 23.3 Å². The summed E-state index contributed by atoms with van der Waals surface area (Å²) in [5, 5.41) is 8.08. The molecule has 3 aromatic rings. The highest BCUT2D eigenvalue weighted by Crippen LogP contribution is 2.51. The third kappa shape index (κ3) is 6.51. The van der Waals surface area contributed by atoms with Crippen molar-refractivity contribution in [2.45, 2.75) is 65.8 Å². The summed E-state index contributed by atoms with van der Waals surface area (Å²) in [4.78, 5) is 37.4. The van der Waals surface area contributed by atoms with Crippen molar-refractivity contribution in [2.24, 2.45) is 18.4 Å². The SMILES string of the molecule is C=C1C2=CC3CC(C)(C)CC3N2CCN1c1nccc(-c2cc(Nc3cc4n(n3)CCN(CCCOC)C4)c(=O)n(C)c2)c1COC(C)=O. The van der Waals surface area contributed by atoms with Gasteiger partial charge in [0.2, 0.25) is 0 Å². The van der Waals surface area contributed by atoms with Gasteiger partial charge in [-0.05, 0) is 42.4 Å². The van der Waals surface area contributed by atoms with Crippen molar-refractivity contribution in [3.05, 3.63) is 76.3 Å². The molecule has 2 atom stereocenters. The van der Waals surface area contributed by atoms with Gasteiger partial charge in [-0.2, -0.15) is 5.10 Å². The number of carbonyl (C=O) groups is 1. The van der Waals surface area contributed by atoms with E-state index >= 15 is 0 Å². The molecule has 3 aromatic heterocycles. The average molecular weight is 669 g/mol. The molecule has 260 valence electrons. The van der Waals surface area contributed by atoms with Gasteiger partial charge in [0.25, 0.3) is 5.56 Å². The van der Waals surface area contributed by atoms with Gasteiger partial charge in [0.15, 0.2) is 5.82 Å². The van der Waals surface area contributed by atoms with Crippen LogP contribution in [0, 0.1) is 11.3 Å². The minimum Gasteiger partial charge on any atom is -0.461 e. The molecule has 0 aromatic carbocycles. The average Bonchev–Trinajstić information content (AvgIpc) is 3.71. The van der Waals surface area contributed by atoms with Gasteiger partial charge < -0.3 is 29.2 Å². The minimum absolute atomic E-state index is 0.0417. The number of aromatic nitrogens is 4. The molecule has 4 aliphatic rings. The maximum atomic E-state index is 13.4. The highest BCUT2D eigenvalue weighted by Gasteiger charge is 2.47. The summed E-state index contributed by atoms with van der Waals surface area (Å²) in [5.41, 5.74) is 6.17. The number of nitrogens with zero attached hydrogens (tertiary/aromatic N) is 7. The summed E-state index contributed by atoms with van der Waals surface area (Å²) in [7, 11) is 3.47. The molecule has 3 aliphatic heterocycles. The van der Waals surface area contributed by atoms with Crippen LogP contribution < -0.4 is 15.8 Å². The fourth-order valence-corrected chi connectivity index (χ4v) is 8.22. The first-order chi connectivity index (χ1) is 23.5. The van der Waals surface area contributed by atoms with E-state index in [1.807, 2.05) is 29.1 Å². The lowest BCUT2D eigenvalue weighted by molar-refractivity contribution is -0.142. The summed E-state index contributed by atoms with van der Waals surface area (Å²) in [6.07, 6.45) is 9.33. The van der Waals surface area contributed by atoms with Crippen molar-refractivity contribution in [1.82, 2.24) is 29.1 Å². The summed E-state index contributed by atoms with van der Waals surface area (Å²) in [6.45, 7) is 16.5. The first-order valence-corrected chi connectivity index (χ1v) is 17.3. The highest BCUT2D eigenvalue weighted by molar-refractivity contribution is 5.77. The van der Waals surface area contributed by atoms with E-state index in [1.165, 1.54) is 25.5 Å². The molecule has 49 heavy (non-hydrogen) atoms. The highest BCUT2D eigenvalue weighted by atomic mass is 16.5. The van der Waals surface area contributed by atoms with Crippen molar-refractivity contribution in [3.8, 4) is 11.1 Å². The molecule has 2 unspecified atom stereocenters. The largest absolute Gasteiger partial charge is 0.461 e. The molecule has 0 spiro atoms. The Balaban J connectivity index is 1.18. The molecule has 12 nitrogen and oxygen atoms in total. The van der Waals surface area contributed by atoms with Crippen LogP contribution >= 0.6 is 0 Å². The Morgan fingerprint density at radius 3 is 2.80 bits per heavy atom. The first-order valence-electron chi connectivity index (χ1n) is 17.3. The molecule has 2 fully saturated rings. The monoisotopic (exact) mass is 668 g/mol. The number of aryl methyl sites for hydroxylation is 1. The van der Waals surface area contributed by atoms with E-state index in [2.05, 4.69) is 46.5 Å². The number of hydrogen-bond acceptors (Lipinski definition) is 10. The number of piperazine rings is 1. The van der Waals surface area contributed by atoms with E-state index < -0.39 is 0 Å². The summed E-state index contributed by atoms with van der Waals surface area (Å²) >= 11 is 0. The molecular formula is C37H48N8O4. The second kappa shape index (κ2) is 13.1. The van der Waals surface area contributed by atoms with Crippen molar-refractivity contribution in [1.29, 1.82) is 0 Å². The van der Waals surface area contributed by atoms with Gasteiger partial charge in [-0.15, -0.1) is 0 Å². The quantitative estimate of drug-likeness (QED) is 0.243. The lowest BCUT2D eigenvalue weighted by atomic mass is 9.90. The van der Waals surface area contributed by atoms with Crippen molar-refractivity contribution < 1.29 is 14.3 Å². The van der Waals surface area contributed by atoms with Crippen LogP contribution in [0.2, 0.25) is 0 Å². The molecule has 12 heteroatoms. The van der Waals surface area contributed by atoms with Gasteiger partial charge in [0, 0.05) is 102 Å². The number of methoxy groups -OCH3 is 1. The number of anilines is 3. The number of ether oxygens (including phenoxy) is 2. The Labute approximate surface area is 288 Å². The van der Waals surface area contributed by atoms with Crippen LogP contribution in [0.25, 0.3) is 11.1 Å². The van der Waals surface area contributed by atoms with E-state index in [-0.39, 0.29) is 18.1 Å². The zero-order chi connectivity index (χ0) is 34.4. The molecule has 1 saturated carbocycles. The number of fused-ring (bicyclic) bond motifs is 4. The smallest absolute Gasteiger partial charge is 0.302 e. The van der Waals surface area contributed by atoms with Crippen LogP contribution in [0.1, 0.15) is 51.3 Å². The zero-order valence-electron chi connectivity index (χ0n) is 29.4. The Bertz CT molecular complexity index is 1860. The molecule has 6 heterocycles. The Kier molecular flexibility index (Phi) is 8.87. The number of hydrogen-bond donors (Lipinski definition) is 1. The van der Waals surface area contributed by atoms with Gasteiger partial charge in [-0.1, -0.05) is 26.5 Å². The normalized spacial score (nSPS) is 21.3. The van der Waals surface area contributed by atoms with Crippen LogP contribution in [-0.2, 0) is 41.0 Å². The van der Waals surface area contributed by atoms with Gasteiger partial charge in [-0.25, -0.2) is 4.98 Å². The number of pyridine rings is 2. The van der Waals surface area contributed by atoms with E-state index in [1.54, 1.807) is 24.9 Å². The third-order valence-corrected chi connectivity index (χ3v) is 10.5. The molecule has 0 radical (unpaired) electrons. The van der Waals surface area contributed by atoms with E-state index in [9.17, 15) is 9.59 Å². The summed E-state index contributed by atoms with van der Waals surface area (Å²) in [5.74, 6) is 1.49. The topological polar surface area (TPSA) is 110 Å². The molecule has 1 saturated heterocycles. The number of rotatable bonds is 10. The predicted octanol–water partition coefficient (Wildman–Crippen LogP) is 4.64. The maximum Gasteiger partial charge on any atom is 0.302 e. The van der Waals surface area contributed by atoms with Crippen LogP contribution in [0.3, 0.4) is 0 Å². The molecule has 0 bridgehead atoms. The molecule has 0 amide bonds. The Morgan fingerprint density at radius 1 is 1.16 bits per heavy atom. The Hall–Kier alpha value is -4.42.